The van der Waals surface area contributed by atoms with Gasteiger partial charge in [-0.05, 0) is 87.8 Å². The van der Waals surface area contributed by atoms with Crippen LogP contribution in [0.25, 0.3) is 11.3 Å². The number of hydrogen-bond acceptors (Lipinski definition) is 8. The van der Waals surface area contributed by atoms with E-state index in [1.807, 2.05) is 18.2 Å². The number of ether oxygens (including phenoxy) is 1. The minimum atomic E-state index is -3.80. The zero-order chi connectivity index (χ0) is 30.6. The smallest absolute Gasteiger partial charge is 0.264 e. The lowest BCUT2D eigenvalue weighted by Crippen LogP contribution is -2.40. The van der Waals surface area contributed by atoms with Gasteiger partial charge in [0.1, 0.15) is 11.5 Å². The lowest BCUT2D eigenvalue weighted by molar-refractivity contribution is 0.0122. The Kier molecular flexibility index (Phi) is 8.16. The van der Waals surface area contributed by atoms with Gasteiger partial charge < -0.3 is 19.3 Å². The number of carbonyl (C=O) groups is 1. The lowest BCUT2D eigenvalue weighted by atomic mass is 9.97. The third kappa shape index (κ3) is 5.87. The lowest BCUT2D eigenvalue weighted by Gasteiger charge is -2.33. The zero-order valence-corrected chi connectivity index (χ0v) is 26.5. The number of amides is 1. The Balaban J connectivity index is 0.977. The van der Waals surface area contributed by atoms with Crippen LogP contribution in [0.4, 0.5) is 5.69 Å². The molecule has 1 amide bonds. The molecule has 3 atom stereocenters. The van der Waals surface area contributed by atoms with Crippen molar-refractivity contribution < 1.29 is 27.6 Å². The van der Waals surface area contributed by atoms with Crippen molar-refractivity contribution in [2.24, 2.45) is 5.92 Å². The second kappa shape index (κ2) is 11.9. The number of aliphatic hydroxyl groups excluding tert-OH is 1. The number of carbonyl (C=O) groups excluding carboxylic acids is 1. The standard InChI is InChI=1S/C32H35Cl2N3O6S/c33-26-2-1-3-27(34)29(26)30-25(31(43-35-30)18-4-5-18)17-42-28-15-22-14-20(28)16-37(22)21-8-6-19(7-9-21)32(39)36-44(40,41)24-12-10-23(38)11-13-24/h1-3,6-9,18,20,22-24,28,38H,4-5,10-17H2,(H,36,39)/t20-,22-,23-,24-,28+/m0/s1. The highest BCUT2D eigenvalue weighted by atomic mass is 35.5. The fourth-order valence-corrected chi connectivity index (χ4v) is 9.11. The Hall–Kier alpha value is -2.63. The molecule has 2 bridgehead atoms. The second-order valence-electron chi connectivity index (χ2n) is 12.6. The maximum Gasteiger partial charge on any atom is 0.264 e. The van der Waals surface area contributed by atoms with Gasteiger partial charge >= 0.3 is 0 Å². The Bertz CT molecular complexity index is 1630. The number of hydrogen-bond donors (Lipinski definition) is 2. The number of halogens is 2. The van der Waals surface area contributed by atoms with Crippen molar-refractivity contribution in [3.63, 3.8) is 0 Å². The first-order valence-electron chi connectivity index (χ1n) is 15.3. The third-order valence-electron chi connectivity index (χ3n) is 9.66. The topological polar surface area (TPSA) is 122 Å². The van der Waals surface area contributed by atoms with Gasteiger partial charge in [-0.2, -0.15) is 0 Å². The molecule has 1 aromatic heterocycles. The summed E-state index contributed by atoms with van der Waals surface area (Å²) in [6.07, 6.45) is 5.24. The molecule has 44 heavy (non-hydrogen) atoms. The molecular weight excluding hydrogens is 625 g/mol. The first-order valence-corrected chi connectivity index (χ1v) is 17.6. The summed E-state index contributed by atoms with van der Waals surface area (Å²) in [4.78, 5) is 15.1. The summed E-state index contributed by atoms with van der Waals surface area (Å²) in [5.41, 5.74) is 3.56. The molecule has 3 aliphatic carbocycles. The second-order valence-corrected chi connectivity index (χ2v) is 15.4. The molecule has 12 heteroatoms. The van der Waals surface area contributed by atoms with E-state index in [4.69, 9.17) is 32.5 Å². The molecule has 3 aromatic rings. The molecule has 7 rings (SSSR count). The van der Waals surface area contributed by atoms with Gasteiger partial charge in [-0.15, -0.1) is 0 Å². The molecule has 1 aliphatic heterocycles. The summed E-state index contributed by atoms with van der Waals surface area (Å²) in [6.45, 7) is 1.22. The Morgan fingerprint density at radius 1 is 1.02 bits per heavy atom. The van der Waals surface area contributed by atoms with Crippen LogP contribution in [0.3, 0.4) is 0 Å². The zero-order valence-electron chi connectivity index (χ0n) is 24.1. The molecule has 1 saturated heterocycles. The minimum absolute atomic E-state index is 0.101. The van der Waals surface area contributed by atoms with Gasteiger partial charge in [0.15, 0.2) is 0 Å². The van der Waals surface area contributed by atoms with E-state index in [-0.39, 0.29) is 6.10 Å². The van der Waals surface area contributed by atoms with Crippen LogP contribution in [-0.2, 0) is 21.4 Å². The predicted octanol–water partition coefficient (Wildman–Crippen LogP) is 6.07. The summed E-state index contributed by atoms with van der Waals surface area (Å²) in [6, 6.07) is 12.8. The predicted molar refractivity (Wildman–Crippen MR) is 167 cm³/mol. The summed E-state index contributed by atoms with van der Waals surface area (Å²) in [7, 11) is -3.80. The first-order chi connectivity index (χ1) is 21.2. The number of nitrogens with zero attached hydrogens (tertiary/aromatic N) is 2. The molecule has 234 valence electrons. The van der Waals surface area contributed by atoms with Crippen LogP contribution in [0.15, 0.2) is 47.0 Å². The highest BCUT2D eigenvalue weighted by molar-refractivity contribution is 7.90. The van der Waals surface area contributed by atoms with Crippen molar-refractivity contribution >= 4 is 44.8 Å². The van der Waals surface area contributed by atoms with Crippen molar-refractivity contribution in [1.82, 2.24) is 9.88 Å². The van der Waals surface area contributed by atoms with Crippen molar-refractivity contribution in [3.05, 3.63) is 69.4 Å². The average Bonchev–Trinajstić information content (AvgIpc) is 3.45. The van der Waals surface area contributed by atoms with Crippen LogP contribution in [0.2, 0.25) is 10.0 Å². The van der Waals surface area contributed by atoms with Crippen molar-refractivity contribution in [3.8, 4) is 11.3 Å². The molecule has 2 N–H and O–H groups in total. The molecular formula is C32H35Cl2N3O6S. The highest BCUT2D eigenvalue weighted by Crippen LogP contribution is 2.47. The number of sulfonamides is 1. The fraction of sp³-hybridized carbons (Fsp3) is 0.500. The number of aliphatic hydroxyl groups is 1. The van der Waals surface area contributed by atoms with E-state index in [0.29, 0.717) is 77.0 Å². The van der Waals surface area contributed by atoms with Crippen LogP contribution in [-0.4, -0.2) is 54.6 Å². The molecule has 0 radical (unpaired) electrons. The average molecular weight is 661 g/mol. The normalized spacial score (nSPS) is 26.7. The molecule has 4 aliphatic rings. The van der Waals surface area contributed by atoms with Gasteiger partial charge in [0.2, 0.25) is 10.0 Å². The van der Waals surface area contributed by atoms with Crippen LogP contribution >= 0.6 is 23.2 Å². The van der Waals surface area contributed by atoms with Crippen molar-refractivity contribution in [1.29, 1.82) is 0 Å². The Morgan fingerprint density at radius 2 is 1.73 bits per heavy atom. The highest BCUT2D eigenvalue weighted by Gasteiger charge is 2.46. The summed E-state index contributed by atoms with van der Waals surface area (Å²) in [5.74, 6) is 0.961. The maximum atomic E-state index is 12.8. The molecule has 3 saturated carbocycles. The van der Waals surface area contributed by atoms with Gasteiger partial charge in [-0.3, -0.25) is 4.79 Å². The van der Waals surface area contributed by atoms with Gasteiger partial charge in [0.05, 0.1) is 34.1 Å². The summed E-state index contributed by atoms with van der Waals surface area (Å²) < 4.78 is 40.0. The summed E-state index contributed by atoms with van der Waals surface area (Å²) >= 11 is 13.0. The number of rotatable bonds is 9. The van der Waals surface area contributed by atoms with Crippen LogP contribution in [0, 0.1) is 5.92 Å². The monoisotopic (exact) mass is 659 g/mol. The number of benzene rings is 2. The fourth-order valence-electron chi connectivity index (χ4n) is 7.10. The summed E-state index contributed by atoms with van der Waals surface area (Å²) in [5, 5.41) is 14.5. The van der Waals surface area contributed by atoms with E-state index in [2.05, 4.69) is 14.8 Å². The first kappa shape index (κ1) is 30.0. The number of nitrogens with one attached hydrogen (secondary N) is 1. The molecule has 9 nitrogen and oxygen atoms in total. The van der Waals surface area contributed by atoms with Crippen molar-refractivity contribution in [2.45, 2.75) is 87.4 Å². The Labute approximate surface area is 266 Å². The van der Waals surface area contributed by atoms with E-state index >= 15 is 0 Å². The van der Waals surface area contributed by atoms with Crippen LogP contribution < -0.4 is 9.62 Å². The van der Waals surface area contributed by atoms with E-state index in [1.54, 1.807) is 24.3 Å². The van der Waals surface area contributed by atoms with E-state index in [0.717, 1.165) is 49.2 Å². The van der Waals surface area contributed by atoms with E-state index in [1.165, 1.54) is 0 Å². The molecule has 0 spiro atoms. The number of anilines is 1. The maximum absolute atomic E-state index is 12.8. The van der Waals surface area contributed by atoms with Gasteiger partial charge in [-0.25, -0.2) is 13.1 Å². The quantitative estimate of drug-likeness (QED) is 0.284. The van der Waals surface area contributed by atoms with Crippen LogP contribution in [0.5, 0.6) is 0 Å². The van der Waals surface area contributed by atoms with E-state index in [9.17, 15) is 18.3 Å². The van der Waals surface area contributed by atoms with Gasteiger partial charge in [-0.1, -0.05) is 34.4 Å². The molecule has 2 heterocycles. The molecule has 4 fully saturated rings. The number of piperidine rings is 1. The number of aromatic nitrogens is 1. The largest absolute Gasteiger partial charge is 0.393 e. The Morgan fingerprint density at radius 3 is 2.36 bits per heavy atom. The molecule has 2 aromatic carbocycles. The molecule has 0 unspecified atom stereocenters. The minimum Gasteiger partial charge on any atom is -0.393 e. The van der Waals surface area contributed by atoms with Crippen LogP contribution in [0.1, 0.15) is 79.0 Å². The van der Waals surface area contributed by atoms with Crippen molar-refractivity contribution in [2.75, 3.05) is 11.4 Å². The SMILES string of the molecule is O=C(NS(=O)(=O)[C@H]1CC[C@H](O)CC1)c1ccc(N2C[C@@H]3C[C@H]2C[C@H]3OCc2c(-c3c(Cl)cccc3Cl)noc2C2CC2)cc1. The van der Waals surface area contributed by atoms with Gasteiger partial charge in [0.25, 0.3) is 5.91 Å². The van der Waals surface area contributed by atoms with E-state index < -0.39 is 27.3 Å². The van der Waals surface area contributed by atoms with Gasteiger partial charge in [0, 0.05) is 46.8 Å². The number of fused-ring (bicyclic) bond motifs is 2. The third-order valence-corrected chi connectivity index (χ3v) is 12.1.